The Labute approximate surface area is 114 Å². The molecule has 0 radical (unpaired) electrons. The van der Waals surface area contributed by atoms with E-state index in [9.17, 15) is 9.59 Å². The topological polar surface area (TPSA) is 55.4 Å². The van der Waals surface area contributed by atoms with Crippen molar-refractivity contribution >= 4 is 35.0 Å². The molecule has 1 saturated heterocycles. The van der Waals surface area contributed by atoms with Gasteiger partial charge in [-0.25, -0.2) is 4.79 Å². The predicted molar refractivity (Wildman–Crippen MR) is 73.5 cm³/mol. The van der Waals surface area contributed by atoms with Crippen molar-refractivity contribution in [3.05, 3.63) is 21.9 Å². The molecule has 98 valence electrons. The SMILES string of the molecule is COC(=O)c1sccc1C(=O)NC1CCCSC1. The van der Waals surface area contributed by atoms with E-state index in [2.05, 4.69) is 10.1 Å². The van der Waals surface area contributed by atoms with Crippen LogP contribution >= 0.6 is 23.1 Å². The van der Waals surface area contributed by atoms with Crippen molar-refractivity contribution in [2.45, 2.75) is 18.9 Å². The van der Waals surface area contributed by atoms with E-state index in [-0.39, 0.29) is 11.9 Å². The Morgan fingerprint density at radius 2 is 2.33 bits per heavy atom. The van der Waals surface area contributed by atoms with Crippen molar-refractivity contribution in [1.82, 2.24) is 5.32 Å². The zero-order valence-electron chi connectivity index (χ0n) is 10.1. The highest BCUT2D eigenvalue weighted by molar-refractivity contribution is 7.99. The molecule has 1 aliphatic rings. The fraction of sp³-hybridized carbons (Fsp3) is 0.500. The second kappa shape index (κ2) is 6.24. The number of ether oxygens (including phenoxy) is 1. The lowest BCUT2D eigenvalue weighted by Crippen LogP contribution is -2.38. The Hall–Kier alpha value is -1.01. The molecule has 1 aromatic rings. The fourth-order valence-electron chi connectivity index (χ4n) is 1.86. The molecule has 1 aromatic heterocycles. The second-order valence-electron chi connectivity index (χ2n) is 4.04. The first kappa shape index (κ1) is 13.4. The number of nitrogens with one attached hydrogen (secondary N) is 1. The van der Waals surface area contributed by atoms with Crippen LogP contribution in [0.15, 0.2) is 11.4 Å². The van der Waals surface area contributed by atoms with Gasteiger partial charge in [0.2, 0.25) is 0 Å². The van der Waals surface area contributed by atoms with E-state index in [0.717, 1.165) is 24.3 Å². The molecule has 0 bridgehead atoms. The van der Waals surface area contributed by atoms with E-state index in [1.807, 2.05) is 11.8 Å². The highest BCUT2D eigenvalue weighted by atomic mass is 32.2. The summed E-state index contributed by atoms with van der Waals surface area (Å²) in [6, 6.07) is 1.88. The number of thioether (sulfide) groups is 1. The van der Waals surface area contributed by atoms with Gasteiger partial charge in [-0.2, -0.15) is 11.8 Å². The molecule has 2 heterocycles. The molecule has 1 atom stereocenters. The van der Waals surface area contributed by atoms with Crippen LogP contribution in [-0.2, 0) is 4.74 Å². The van der Waals surface area contributed by atoms with Crippen molar-refractivity contribution in [3.8, 4) is 0 Å². The number of hydrogen-bond acceptors (Lipinski definition) is 5. The second-order valence-corrected chi connectivity index (χ2v) is 6.11. The molecule has 0 spiro atoms. The van der Waals surface area contributed by atoms with Crippen LogP contribution in [0.4, 0.5) is 0 Å². The number of thiophene rings is 1. The van der Waals surface area contributed by atoms with Crippen LogP contribution in [0.5, 0.6) is 0 Å². The van der Waals surface area contributed by atoms with Gasteiger partial charge in [-0.15, -0.1) is 11.3 Å². The molecule has 0 aromatic carbocycles. The van der Waals surface area contributed by atoms with Crippen LogP contribution in [0, 0.1) is 0 Å². The first-order valence-corrected chi connectivity index (χ1v) is 7.80. The van der Waals surface area contributed by atoms with E-state index in [0.29, 0.717) is 10.4 Å². The quantitative estimate of drug-likeness (QED) is 0.865. The van der Waals surface area contributed by atoms with Gasteiger partial charge in [-0.05, 0) is 30.0 Å². The number of carbonyl (C=O) groups excluding carboxylic acids is 2. The summed E-state index contributed by atoms with van der Waals surface area (Å²) < 4.78 is 4.66. The van der Waals surface area contributed by atoms with Crippen molar-refractivity contribution in [3.63, 3.8) is 0 Å². The van der Waals surface area contributed by atoms with Gasteiger partial charge >= 0.3 is 5.97 Å². The summed E-state index contributed by atoms with van der Waals surface area (Å²) >= 11 is 3.09. The zero-order chi connectivity index (χ0) is 13.0. The highest BCUT2D eigenvalue weighted by Crippen LogP contribution is 2.20. The first-order chi connectivity index (χ1) is 8.72. The maximum atomic E-state index is 12.1. The number of carbonyl (C=O) groups is 2. The van der Waals surface area contributed by atoms with Crippen LogP contribution < -0.4 is 5.32 Å². The average molecular weight is 285 g/mol. The zero-order valence-corrected chi connectivity index (χ0v) is 11.7. The minimum absolute atomic E-state index is 0.177. The third kappa shape index (κ3) is 3.05. The summed E-state index contributed by atoms with van der Waals surface area (Å²) in [6.45, 7) is 0. The number of amides is 1. The fourth-order valence-corrected chi connectivity index (χ4v) is 3.74. The van der Waals surface area contributed by atoms with Gasteiger partial charge < -0.3 is 10.1 Å². The maximum absolute atomic E-state index is 12.1. The molecule has 1 N–H and O–H groups in total. The van der Waals surface area contributed by atoms with Gasteiger partial charge in [0, 0.05) is 11.8 Å². The molecular weight excluding hydrogens is 270 g/mol. The van der Waals surface area contributed by atoms with Crippen LogP contribution in [0.3, 0.4) is 0 Å². The standard InChI is InChI=1S/C12H15NO3S2/c1-16-12(15)10-9(4-6-18-10)11(14)13-8-3-2-5-17-7-8/h4,6,8H,2-3,5,7H2,1H3,(H,13,14). The number of hydrogen-bond donors (Lipinski definition) is 1. The molecule has 2 rings (SSSR count). The lowest BCUT2D eigenvalue weighted by Gasteiger charge is -2.22. The lowest BCUT2D eigenvalue weighted by atomic mass is 10.1. The summed E-state index contributed by atoms with van der Waals surface area (Å²) in [6.07, 6.45) is 2.14. The predicted octanol–water partition coefficient (Wildman–Crippen LogP) is 2.16. The van der Waals surface area contributed by atoms with Crippen LogP contribution in [-0.4, -0.2) is 36.5 Å². The molecule has 6 heteroatoms. The largest absolute Gasteiger partial charge is 0.465 e. The maximum Gasteiger partial charge on any atom is 0.348 e. The minimum Gasteiger partial charge on any atom is -0.465 e. The van der Waals surface area contributed by atoms with Crippen molar-refractivity contribution in [2.75, 3.05) is 18.6 Å². The monoisotopic (exact) mass is 285 g/mol. The van der Waals surface area contributed by atoms with Crippen molar-refractivity contribution < 1.29 is 14.3 Å². The summed E-state index contributed by atoms with van der Waals surface area (Å²) in [5, 5.41) is 4.71. The third-order valence-electron chi connectivity index (χ3n) is 2.78. The van der Waals surface area contributed by atoms with Crippen LogP contribution in [0.25, 0.3) is 0 Å². The van der Waals surface area contributed by atoms with Gasteiger partial charge in [0.15, 0.2) is 0 Å². The normalized spacial score (nSPS) is 19.3. The summed E-state index contributed by atoms with van der Waals surface area (Å²) in [5.74, 6) is 1.49. The van der Waals surface area contributed by atoms with Gasteiger partial charge in [0.1, 0.15) is 4.88 Å². The first-order valence-electron chi connectivity index (χ1n) is 5.76. The number of methoxy groups -OCH3 is 1. The summed E-state index contributed by atoms with van der Waals surface area (Å²) in [7, 11) is 1.32. The van der Waals surface area contributed by atoms with Gasteiger partial charge in [-0.3, -0.25) is 4.79 Å². The van der Waals surface area contributed by atoms with E-state index in [4.69, 9.17) is 0 Å². The van der Waals surface area contributed by atoms with E-state index in [1.54, 1.807) is 11.4 Å². The van der Waals surface area contributed by atoms with Crippen molar-refractivity contribution in [2.24, 2.45) is 0 Å². The van der Waals surface area contributed by atoms with Crippen LogP contribution in [0.1, 0.15) is 32.9 Å². The molecule has 0 saturated carbocycles. The Morgan fingerprint density at radius 1 is 1.50 bits per heavy atom. The summed E-state index contributed by atoms with van der Waals surface area (Å²) in [4.78, 5) is 24.0. The molecule has 1 aliphatic heterocycles. The molecule has 4 nitrogen and oxygen atoms in total. The summed E-state index contributed by atoms with van der Waals surface area (Å²) in [5.41, 5.74) is 0.419. The molecular formula is C12H15NO3S2. The Bertz CT molecular complexity index is 438. The van der Waals surface area contributed by atoms with Gasteiger partial charge in [-0.1, -0.05) is 0 Å². The van der Waals surface area contributed by atoms with Crippen molar-refractivity contribution in [1.29, 1.82) is 0 Å². The molecule has 1 unspecified atom stereocenters. The number of esters is 1. The van der Waals surface area contributed by atoms with Gasteiger partial charge in [0.25, 0.3) is 5.91 Å². The average Bonchev–Trinajstić information content (AvgIpc) is 2.88. The van der Waals surface area contributed by atoms with Crippen LogP contribution in [0.2, 0.25) is 0 Å². The van der Waals surface area contributed by atoms with E-state index >= 15 is 0 Å². The van der Waals surface area contributed by atoms with E-state index < -0.39 is 5.97 Å². The lowest BCUT2D eigenvalue weighted by molar-refractivity contribution is 0.0602. The Morgan fingerprint density at radius 3 is 3.00 bits per heavy atom. The highest BCUT2D eigenvalue weighted by Gasteiger charge is 2.22. The minimum atomic E-state index is -0.451. The third-order valence-corrected chi connectivity index (χ3v) is 4.89. The van der Waals surface area contributed by atoms with E-state index in [1.165, 1.54) is 18.4 Å². The molecule has 1 amide bonds. The number of rotatable bonds is 3. The van der Waals surface area contributed by atoms with Gasteiger partial charge in [0.05, 0.1) is 12.7 Å². The molecule has 0 aliphatic carbocycles. The Balaban J connectivity index is 2.04. The molecule has 18 heavy (non-hydrogen) atoms. The molecule has 1 fully saturated rings. The Kier molecular flexibility index (Phi) is 4.66. The smallest absolute Gasteiger partial charge is 0.348 e.